The molecule has 1 rings (SSSR count). The molecule has 2 unspecified atom stereocenters. The lowest BCUT2D eigenvalue weighted by Crippen LogP contribution is -2.52. The highest BCUT2D eigenvalue weighted by Gasteiger charge is 2.33. The van der Waals surface area contributed by atoms with Gasteiger partial charge in [0.1, 0.15) is 6.10 Å². The molecule has 0 heterocycles. The zero-order valence-electron chi connectivity index (χ0n) is 8.19. The lowest BCUT2D eigenvalue weighted by atomic mass is 10.0. The van der Waals surface area contributed by atoms with E-state index in [4.69, 9.17) is 15.2 Å². The Morgan fingerprint density at radius 1 is 1.31 bits per heavy atom. The maximum Gasteiger partial charge on any atom is 0.166 e. The maximum absolute atomic E-state index is 6.01. The SMILES string of the molecule is CCOC1C=CC=CC1(N)OCC. The van der Waals surface area contributed by atoms with Gasteiger partial charge in [0.2, 0.25) is 0 Å². The number of rotatable bonds is 4. The molecule has 0 aromatic heterocycles. The molecule has 0 spiro atoms. The first-order valence-electron chi connectivity index (χ1n) is 4.63. The first-order chi connectivity index (χ1) is 6.23. The highest BCUT2D eigenvalue weighted by Crippen LogP contribution is 2.19. The molecule has 0 fully saturated rings. The van der Waals surface area contributed by atoms with E-state index < -0.39 is 5.72 Å². The molecule has 0 bridgehead atoms. The maximum atomic E-state index is 6.01. The molecular formula is C10H17NO2. The summed E-state index contributed by atoms with van der Waals surface area (Å²) in [4.78, 5) is 0. The van der Waals surface area contributed by atoms with E-state index in [1.165, 1.54) is 0 Å². The molecule has 2 N–H and O–H groups in total. The highest BCUT2D eigenvalue weighted by atomic mass is 16.6. The fourth-order valence-corrected chi connectivity index (χ4v) is 1.36. The summed E-state index contributed by atoms with van der Waals surface area (Å²) in [6, 6.07) is 0. The average Bonchev–Trinajstić information content (AvgIpc) is 2.10. The van der Waals surface area contributed by atoms with E-state index in [1.807, 2.05) is 38.2 Å². The lowest BCUT2D eigenvalue weighted by Gasteiger charge is -2.33. The molecule has 1 aliphatic rings. The topological polar surface area (TPSA) is 44.5 Å². The summed E-state index contributed by atoms with van der Waals surface area (Å²) in [6.07, 6.45) is 7.37. The summed E-state index contributed by atoms with van der Waals surface area (Å²) in [6.45, 7) is 5.08. The predicted molar refractivity (Wildman–Crippen MR) is 52.2 cm³/mol. The van der Waals surface area contributed by atoms with Gasteiger partial charge in [-0.2, -0.15) is 0 Å². The van der Waals surface area contributed by atoms with Crippen LogP contribution in [0.1, 0.15) is 13.8 Å². The highest BCUT2D eigenvalue weighted by molar-refractivity contribution is 5.21. The summed E-state index contributed by atoms with van der Waals surface area (Å²) >= 11 is 0. The standard InChI is InChI=1S/C10H17NO2/c1-3-12-9-7-5-6-8-10(9,11)13-4-2/h5-9H,3-4,11H2,1-2H3. The van der Waals surface area contributed by atoms with E-state index in [0.29, 0.717) is 13.2 Å². The minimum atomic E-state index is -0.792. The molecule has 0 radical (unpaired) electrons. The summed E-state index contributed by atoms with van der Waals surface area (Å²) in [7, 11) is 0. The number of allylic oxidation sites excluding steroid dienone is 2. The zero-order chi connectivity index (χ0) is 9.73. The third-order valence-corrected chi connectivity index (χ3v) is 1.94. The third-order valence-electron chi connectivity index (χ3n) is 1.94. The average molecular weight is 183 g/mol. The van der Waals surface area contributed by atoms with Crippen LogP contribution in [-0.4, -0.2) is 25.0 Å². The van der Waals surface area contributed by atoms with Crippen LogP contribution in [0.3, 0.4) is 0 Å². The van der Waals surface area contributed by atoms with Crippen molar-refractivity contribution in [1.29, 1.82) is 0 Å². The molecule has 0 aliphatic heterocycles. The Morgan fingerprint density at radius 3 is 2.69 bits per heavy atom. The summed E-state index contributed by atoms with van der Waals surface area (Å²) in [5.41, 5.74) is 5.22. The summed E-state index contributed by atoms with van der Waals surface area (Å²) < 4.78 is 10.9. The Labute approximate surface area is 79.2 Å². The van der Waals surface area contributed by atoms with Crippen LogP contribution in [-0.2, 0) is 9.47 Å². The van der Waals surface area contributed by atoms with Crippen LogP contribution < -0.4 is 5.73 Å². The Morgan fingerprint density at radius 2 is 2.08 bits per heavy atom. The molecular weight excluding hydrogens is 166 g/mol. The van der Waals surface area contributed by atoms with E-state index in [9.17, 15) is 0 Å². The van der Waals surface area contributed by atoms with Gasteiger partial charge in [-0.15, -0.1) is 0 Å². The smallest absolute Gasteiger partial charge is 0.166 e. The van der Waals surface area contributed by atoms with Gasteiger partial charge in [0.05, 0.1) is 0 Å². The minimum absolute atomic E-state index is 0.178. The second-order valence-electron chi connectivity index (χ2n) is 2.91. The van der Waals surface area contributed by atoms with Crippen molar-refractivity contribution in [3.05, 3.63) is 24.3 Å². The van der Waals surface area contributed by atoms with Gasteiger partial charge in [-0.1, -0.05) is 18.2 Å². The van der Waals surface area contributed by atoms with E-state index in [-0.39, 0.29) is 6.10 Å². The van der Waals surface area contributed by atoms with Gasteiger partial charge in [-0.05, 0) is 19.9 Å². The molecule has 0 amide bonds. The Hall–Kier alpha value is -0.640. The molecule has 0 saturated heterocycles. The lowest BCUT2D eigenvalue weighted by molar-refractivity contribution is -0.0918. The van der Waals surface area contributed by atoms with Crippen LogP contribution in [0, 0.1) is 0 Å². The number of ether oxygens (including phenoxy) is 2. The van der Waals surface area contributed by atoms with E-state index in [0.717, 1.165) is 0 Å². The monoisotopic (exact) mass is 183 g/mol. The van der Waals surface area contributed by atoms with Crippen molar-refractivity contribution in [1.82, 2.24) is 0 Å². The number of nitrogens with two attached hydrogens (primary N) is 1. The fraction of sp³-hybridized carbons (Fsp3) is 0.600. The second-order valence-corrected chi connectivity index (χ2v) is 2.91. The van der Waals surface area contributed by atoms with Crippen molar-refractivity contribution in [3.8, 4) is 0 Å². The van der Waals surface area contributed by atoms with Gasteiger partial charge in [-0.25, -0.2) is 0 Å². The van der Waals surface area contributed by atoms with E-state index >= 15 is 0 Å². The normalized spacial score (nSPS) is 32.4. The summed E-state index contributed by atoms with van der Waals surface area (Å²) in [5, 5.41) is 0. The summed E-state index contributed by atoms with van der Waals surface area (Å²) in [5.74, 6) is 0. The minimum Gasteiger partial charge on any atom is -0.370 e. The molecule has 2 atom stereocenters. The van der Waals surface area contributed by atoms with Gasteiger partial charge >= 0.3 is 0 Å². The van der Waals surface area contributed by atoms with Crippen molar-refractivity contribution >= 4 is 0 Å². The van der Waals surface area contributed by atoms with E-state index in [1.54, 1.807) is 0 Å². The van der Waals surface area contributed by atoms with Crippen LogP contribution in [0.25, 0.3) is 0 Å². The molecule has 3 heteroatoms. The number of hydrogen-bond acceptors (Lipinski definition) is 3. The predicted octanol–water partition coefficient (Wildman–Crippen LogP) is 1.21. The van der Waals surface area contributed by atoms with Gasteiger partial charge in [0, 0.05) is 13.2 Å². The number of hydrogen-bond donors (Lipinski definition) is 1. The van der Waals surface area contributed by atoms with Crippen LogP contribution in [0.2, 0.25) is 0 Å². The van der Waals surface area contributed by atoms with Crippen molar-refractivity contribution in [2.24, 2.45) is 5.73 Å². The molecule has 1 aliphatic carbocycles. The molecule has 0 saturated carbocycles. The van der Waals surface area contributed by atoms with Gasteiger partial charge < -0.3 is 9.47 Å². The molecule has 0 aromatic carbocycles. The van der Waals surface area contributed by atoms with Crippen LogP contribution >= 0.6 is 0 Å². The molecule has 13 heavy (non-hydrogen) atoms. The van der Waals surface area contributed by atoms with Gasteiger partial charge in [0.25, 0.3) is 0 Å². The van der Waals surface area contributed by atoms with Gasteiger partial charge in [0.15, 0.2) is 5.72 Å². The largest absolute Gasteiger partial charge is 0.370 e. The van der Waals surface area contributed by atoms with Crippen LogP contribution in [0.4, 0.5) is 0 Å². The van der Waals surface area contributed by atoms with Crippen molar-refractivity contribution < 1.29 is 9.47 Å². The fourth-order valence-electron chi connectivity index (χ4n) is 1.36. The van der Waals surface area contributed by atoms with Crippen molar-refractivity contribution in [2.45, 2.75) is 25.7 Å². The van der Waals surface area contributed by atoms with Crippen molar-refractivity contribution in [3.63, 3.8) is 0 Å². The Kier molecular flexibility index (Phi) is 3.66. The first kappa shape index (κ1) is 10.4. The van der Waals surface area contributed by atoms with Crippen LogP contribution in [0.5, 0.6) is 0 Å². The second kappa shape index (κ2) is 4.56. The molecule has 3 nitrogen and oxygen atoms in total. The molecule has 0 aromatic rings. The van der Waals surface area contributed by atoms with E-state index in [2.05, 4.69) is 0 Å². The van der Waals surface area contributed by atoms with Crippen molar-refractivity contribution in [2.75, 3.05) is 13.2 Å². The molecule has 74 valence electrons. The van der Waals surface area contributed by atoms with Crippen LogP contribution in [0.15, 0.2) is 24.3 Å². The zero-order valence-corrected chi connectivity index (χ0v) is 8.19. The third kappa shape index (κ3) is 2.40. The van der Waals surface area contributed by atoms with Gasteiger partial charge in [-0.3, -0.25) is 5.73 Å². The Bertz CT molecular complexity index is 213. The Balaban J connectivity index is 2.68. The quantitative estimate of drug-likeness (QED) is 0.666. The first-order valence-corrected chi connectivity index (χ1v) is 4.63.